The standard InChI is InChI=1S/C10H10O3S3.Na.H/c1-12-5-13-4-6-8(11)9-7(2-3-15-9)16-10(6)14;;/h2-3,14H,4-5H2,1H3;;. The third-order valence-corrected chi connectivity index (χ3v) is 4.61. The molecule has 2 aromatic heterocycles. The van der Waals surface area contributed by atoms with Gasteiger partial charge in [-0.15, -0.1) is 35.3 Å². The second kappa shape index (κ2) is 7.25. The van der Waals surface area contributed by atoms with Crippen LogP contribution in [0.1, 0.15) is 5.56 Å². The van der Waals surface area contributed by atoms with E-state index in [1.807, 2.05) is 11.4 Å². The van der Waals surface area contributed by atoms with Gasteiger partial charge in [-0.05, 0) is 11.4 Å². The van der Waals surface area contributed by atoms with Crippen molar-refractivity contribution in [2.75, 3.05) is 13.9 Å². The van der Waals surface area contributed by atoms with Gasteiger partial charge in [0.1, 0.15) is 6.79 Å². The van der Waals surface area contributed by atoms with Gasteiger partial charge in [-0.2, -0.15) is 0 Å². The van der Waals surface area contributed by atoms with Crippen LogP contribution in [0, 0.1) is 0 Å². The molecule has 0 N–H and O–H groups in total. The predicted molar refractivity (Wildman–Crippen MR) is 77.0 cm³/mol. The Bertz CT molecular complexity index is 549. The molecule has 0 aromatic carbocycles. The molecule has 17 heavy (non-hydrogen) atoms. The average molecular weight is 298 g/mol. The van der Waals surface area contributed by atoms with Crippen molar-refractivity contribution in [3.8, 4) is 0 Å². The van der Waals surface area contributed by atoms with Crippen molar-refractivity contribution in [1.82, 2.24) is 0 Å². The van der Waals surface area contributed by atoms with Crippen molar-refractivity contribution in [3.05, 3.63) is 27.2 Å². The molecule has 0 amide bonds. The second-order valence-corrected chi connectivity index (χ2v) is 5.80. The van der Waals surface area contributed by atoms with Crippen molar-refractivity contribution in [3.63, 3.8) is 0 Å². The second-order valence-electron chi connectivity index (χ2n) is 3.08. The number of rotatable bonds is 4. The zero-order valence-electron chi connectivity index (χ0n) is 8.56. The van der Waals surface area contributed by atoms with Crippen molar-refractivity contribution >= 4 is 74.3 Å². The zero-order valence-corrected chi connectivity index (χ0v) is 11.1. The fourth-order valence-electron chi connectivity index (χ4n) is 1.30. The van der Waals surface area contributed by atoms with E-state index in [1.54, 1.807) is 7.11 Å². The van der Waals surface area contributed by atoms with E-state index < -0.39 is 0 Å². The maximum atomic E-state index is 12.1. The molecule has 0 aliphatic carbocycles. The zero-order chi connectivity index (χ0) is 11.5. The molecule has 0 radical (unpaired) electrons. The molecule has 0 unspecified atom stereocenters. The summed E-state index contributed by atoms with van der Waals surface area (Å²) < 4.78 is 12.4. The Morgan fingerprint density at radius 3 is 2.94 bits per heavy atom. The first-order valence-corrected chi connectivity index (χ1v) is 6.67. The Labute approximate surface area is 134 Å². The van der Waals surface area contributed by atoms with Crippen LogP contribution in [-0.4, -0.2) is 43.5 Å². The molecule has 7 heteroatoms. The van der Waals surface area contributed by atoms with Gasteiger partial charge in [-0.25, -0.2) is 0 Å². The molecule has 0 fully saturated rings. The summed E-state index contributed by atoms with van der Waals surface area (Å²) in [7, 11) is 1.55. The summed E-state index contributed by atoms with van der Waals surface area (Å²) in [6.45, 7) is 0.426. The van der Waals surface area contributed by atoms with Crippen LogP contribution < -0.4 is 5.43 Å². The summed E-state index contributed by atoms with van der Waals surface area (Å²) in [4.78, 5) is 12.1. The van der Waals surface area contributed by atoms with Crippen LogP contribution >= 0.6 is 35.3 Å². The van der Waals surface area contributed by atoms with Gasteiger partial charge < -0.3 is 9.47 Å². The van der Waals surface area contributed by atoms with E-state index in [2.05, 4.69) is 12.6 Å². The van der Waals surface area contributed by atoms with Crippen LogP contribution in [0.3, 0.4) is 0 Å². The van der Waals surface area contributed by atoms with Crippen LogP contribution in [0.15, 0.2) is 20.5 Å². The summed E-state index contributed by atoms with van der Waals surface area (Å²) in [5, 5.41) is 1.91. The first-order chi connectivity index (χ1) is 7.74. The van der Waals surface area contributed by atoms with Crippen LogP contribution in [0.4, 0.5) is 0 Å². The van der Waals surface area contributed by atoms with E-state index in [0.29, 0.717) is 9.77 Å². The topological polar surface area (TPSA) is 35.5 Å². The molecule has 0 aliphatic heterocycles. The molecule has 2 heterocycles. The van der Waals surface area contributed by atoms with Crippen LogP contribution in [-0.2, 0) is 16.1 Å². The van der Waals surface area contributed by atoms with Crippen molar-refractivity contribution < 1.29 is 9.47 Å². The molecule has 0 atom stereocenters. The average Bonchev–Trinajstić information content (AvgIpc) is 2.71. The molecule has 2 rings (SSSR count). The summed E-state index contributed by atoms with van der Waals surface area (Å²) in [5.41, 5.74) is 0.630. The van der Waals surface area contributed by atoms with Gasteiger partial charge in [0.2, 0.25) is 5.43 Å². The molecule has 3 nitrogen and oxygen atoms in total. The fourth-order valence-corrected chi connectivity index (χ4v) is 3.67. The summed E-state index contributed by atoms with van der Waals surface area (Å²) >= 11 is 7.28. The minimum absolute atomic E-state index is 0. The van der Waals surface area contributed by atoms with E-state index in [9.17, 15) is 4.79 Å². The third kappa shape index (κ3) is 3.54. The molecular weight excluding hydrogens is 287 g/mol. The summed E-state index contributed by atoms with van der Waals surface area (Å²) in [6.07, 6.45) is 0. The molecule has 0 saturated heterocycles. The van der Waals surface area contributed by atoms with Crippen molar-refractivity contribution in [1.29, 1.82) is 0 Å². The Balaban J connectivity index is 0.00000144. The molecule has 0 aliphatic rings. The number of hydrogen-bond acceptors (Lipinski definition) is 6. The van der Waals surface area contributed by atoms with E-state index in [1.165, 1.54) is 22.7 Å². The summed E-state index contributed by atoms with van der Waals surface area (Å²) in [5.74, 6) is 0. The monoisotopic (exact) mass is 298 g/mol. The Morgan fingerprint density at radius 1 is 1.47 bits per heavy atom. The molecule has 0 spiro atoms. The quantitative estimate of drug-likeness (QED) is 0.406. The third-order valence-electron chi connectivity index (χ3n) is 2.02. The Kier molecular flexibility index (Phi) is 6.68. The van der Waals surface area contributed by atoms with Gasteiger partial charge in [-0.1, -0.05) is 0 Å². The van der Waals surface area contributed by atoms with Gasteiger partial charge in [0.15, 0.2) is 0 Å². The number of methoxy groups -OCH3 is 1. The predicted octanol–water partition coefficient (Wildman–Crippen LogP) is 2.08. The normalized spacial score (nSPS) is 10.5. The van der Waals surface area contributed by atoms with E-state index in [4.69, 9.17) is 9.47 Å². The number of thiophene rings is 1. The Morgan fingerprint density at radius 2 is 2.24 bits per heavy atom. The molecule has 88 valence electrons. The van der Waals surface area contributed by atoms with Gasteiger partial charge in [-0.3, -0.25) is 4.79 Å². The Hall–Kier alpha value is 0.600. The van der Waals surface area contributed by atoms with Crippen LogP contribution in [0.5, 0.6) is 0 Å². The van der Waals surface area contributed by atoms with Crippen LogP contribution in [0.2, 0.25) is 0 Å². The van der Waals surface area contributed by atoms with E-state index in [0.717, 1.165) is 9.40 Å². The van der Waals surface area contributed by atoms with E-state index >= 15 is 0 Å². The fraction of sp³-hybridized carbons (Fsp3) is 0.300. The minimum atomic E-state index is 0. The number of thiol groups is 1. The molecule has 2 aromatic rings. The van der Waals surface area contributed by atoms with Crippen molar-refractivity contribution in [2.45, 2.75) is 10.8 Å². The van der Waals surface area contributed by atoms with Gasteiger partial charge in [0.05, 0.1) is 25.8 Å². The van der Waals surface area contributed by atoms with Gasteiger partial charge in [0.25, 0.3) is 0 Å². The van der Waals surface area contributed by atoms with Crippen molar-refractivity contribution in [2.24, 2.45) is 0 Å². The number of fused-ring (bicyclic) bond motifs is 1. The molecule has 0 saturated carbocycles. The van der Waals surface area contributed by atoms with Gasteiger partial charge in [0, 0.05) is 7.11 Å². The first kappa shape index (κ1) is 15.7. The molecule has 0 bridgehead atoms. The summed E-state index contributed by atoms with van der Waals surface area (Å²) in [6, 6.07) is 1.94. The maximum absolute atomic E-state index is 12.1. The first-order valence-electron chi connectivity index (χ1n) is 4.53. The van der Waals surface area contributed by atoms with E-state index in [-0.39, 0.29) is 48.4 Å². The number of ether oxygens (including phenoxy) is 2. The SMILES string of the molecule is COCOCc1c(S)sc2ccsc2c1=O.[NaH]. The number of hydrogen-bond donors (Lipinski definition) is 1. The molecular formula is C10H11NaO3S3. The van der Waals surface area contributed by atoms with Gasteiger partial charge >= 0.3 is 29.6 Å². The van der Waals surface area contributed by atoms with Crippen LogP contribution in [0.25, 0.3) is 9.40 Å².